The van der Waals surface area contributed by atoms with Crippen LogP contribution < -0.4 is 0 Å². The highest BCUT2D eigenvalue weighted by molar-refractivity contribution is 8.00. The first-order valence-corrected chi connectivity index (χ1v) is 9.80. The molecule has 3 heterocycles. The van der Waals surface area contributed by atoms with Gasteiger partial charge in [0.2, 0.25) is 5.91 Å². The summed E-state index contributed by atoms with van der Waals surface area (Å²) < 4.78 is 5.31. The molecule has 2 aliphatic rings. The van der Waals surface area contributed by atoms with Gasteiger partial charge in [-0.05, 0) is 31.7 Å². The fourth-order valence-electron chi connectivity index (χ4n) is 3.20. The normalized spacial score (nSPS) is 17.7. The number of carbonyl (C=O) groups excluding carboxylic acids is 1. The van der Waals surface area contributed by atoms with Crippen molar-refractivity contribution in [3.8, 4) is 0 Å². The molecule has 0 N–H and O–H groups in total. The zero-order chi connectivity index (χ0) is 15.8. The molecule has 23 heavy (non-hydrogen) atoms. The number of ether oxygens (including phenoxy) is 1. The number of hydrogen-bond acceptors (Lipinski definition) is 6. The van der Waals surface area contributed by atoms with Crippen LogP contribution >= 0.6 is 23.1 Å². The number of thioether (sulfide) groups is 1. The van der Waals surface area contributed by atoms with Crippen LogP contribution in [0.4, 0.5) is 0 Å². The second kappa shape index (κ2) is 6.37. The van der Waals surface area contributed by atoms with Gasteiger partial charge in [-0.1, -0.05) is 11.8 Å². The molecule has 0 spiro atoms. The molecule has 2 aromatic heterocycles. The first-order valence-electron chi connectivity index (χ1n) is 7.99. The zero-order valence-electron chi connectivity index (χ0n) is 13.1. The van der Waals surface area contributed by atoms with Crippen molar-refractivity contribution in [2.75, 3.05) is 32.1 Å². The van der Waals surface area contributed by atoms with Gasteiger partial charge >= 0.3 is 0 Å². The van der Waals surface area contributed by atoms with Crippen LogP contribution in [0.1, 0.15) is 22.7 Å². The van der Waals surface area contributed by atoms with E-state index in [1.807, 2.05) is 11.8 Å². The average molecular weight is 349 g/mol. The van der Waals surface area contributed by atoms with E-state index in [0.717, 1.165) is 28.5 Å². The largest absolute Gasteiger partial charge is 0.378 e. The lowest BCUT2D eigenvalue weighted by Crippen LogP contribution is -2.41. The number of fused-ring (bicyclic) bond motifs is 3. The Labute approximate surface area is 143 Å². The second-order valence-electron chi connectivity index (χ2n) is 5.90. The molecule has 122 valence electrons. The van der Waals surface area contributed by atoms with Crippen LogP contribution in [-0.4, -0.2) is 52.8 Å². The molecule has 0 radical (unpaired) electrons. The topological polar surface area (TPSA) is 55.3 Å². The maximum absolute atomic E-state index is 12.4. The lowest BCUT2D eigenvalue weighted by atomic mass is 10.2. The molecule has 0 aromatic carbocycles. The van der Waals surface area contributed by atoms with Crippen molar-refractivity contribution >= 4 is 39.2 Å². The fraction of sp³-hybridized carbons (Fsp3) is 0.562. The highest BCUT2D eigenvalue weighted by atomic mass is 32.2. The van der Waals surface area contributed by atoms with E-state index in [1.165, 1.54) is 22.2 Å². The summed E-state index contributed by atoms with van der Waals surface area (Å²) in [5, 5.41) is 2.18. The number of rotatable bonds is 3. The van der Waals surface area contributed by atoms with Crippen LogP contribution in [0, 0.1) is 6.92 Å². The molecule has 5 nitrogen and oxygen atoms in total. The van der Waals surface area contributed by atoms with E-state index in [9.17, 15) is 4.79 Å². The van der Waals surface area contributed by atoms with E-state index in [-0.39, 0.29) is 5.91 Å². The Kier molecular flexibility index (Phi) is 4.26. The molecule has 1 saturated heterocycles. The highest BCUT2D eigenvalue weighted by Gasteiger charge is 2.23. The molecular formula is C16H19N3O2S2. The Bertz CT molecular complexity index is 753. The van der Waals surface area contributed by atoms with Gasteiger partial charge in [-0.2, -0.15) is 0 Å². The lowest BCUT2D eigenvalue weighted by Gasteiger charge is -2.26. The van der Waals surface area contributed by atoms with Gasteiger partial charge in [-0.25, -0.2) is 9.97 Å². The molecule has 0 saturated carbocycles. The Hall–Kier alpha value is -1.18. The number of amides is 1. The molecule has 4 rings (SSSR count). The predicted molar refractivity (Wildman–Crippen MR) is 92.3 cm³/mol. The second-order valence-corrected chi connectivity index (χ2v) is 7.94. The molecule has 2 aromatic rings. The number of hydrogen-bond donors (Lipinski definition) is 0. The summed E-state index contributed by atoms with van der Waals surface area (Å²) in [4.78, 5) is 26.0. The number of aryl methyl sites for hydroxylation is 3. The van der Waals surface area contributed by atoms with E-state index in [1.54, 1.807) is 23.1 Å². The van der Waals surface area contributed by atoms with Crippen molar-refractivity contribution in [1.82, 2.24) is 14.9 Å². The minimum absolute atomic E-state index is 0.176. The predicted octanol–water partition coefficient (Wildman–Crippen LogP) is 2.44. The van der Waals surface area contributed by atoms with Crippen LogP contribution in [-0.2, 0) is 22.4 Å². The molecule has 0 bridgehead atoms. The Balaban J connectivity index is 1.57. The zero-order valence-corrected chi connectivity index (χ0v) is 14.8. The van der Waals surface area contributed by atoms with Crippen molar-refractivity contribution in [3.63, 3.8) is 0 Å². The minimum atomic E-state index is 0.176. The van der Waals surface area contributed by atoms with E-state index < -0.39 is 0 Å². The first-order chi connectivity index (χ1) is 11.2. The molecule has 1 aliphatic heterocycles. The summed E-state index contributed by atoms with van der Waals surface area (Å²) in [6.07, 6.45) is 3.50. The van der Waals surface area contributed by atoms with E-state index >= 15 is 0 Å². The molecule has 7 heteroatoms. The molecule has 1 amide bonds. The summed E-state index contributed by atoms with van der Waals surface area (Å²) in [7, 11) is 0. The fourth-order valence-corrected chi connectivity index (χ4v) is 5.58. The third-order valence-electron chi connectivity index (χ3n) is 4.34. The van der Waals surface area contributed by atoms with Gasteiger partial charge in [0.1, 0.15) is 15.7 Å². The van der Waals surface area contributed by atoms with Crippen LogP contribution in [0.5, 0.6) is 0 Å². The third-order valence-corrected chi connectivity index (χ3v) is 6.49. The quantitative estimate of drug-likeness (QED) is 0.629. The summed E-state index contributed by atoms with van der Waals surface area (Å²) in [5.41, 5.74) is 1.42. The third kappa shape index (κ3) is 2.97. The van der Waals surface area contributed by atoms with Crippen molar-refractivity contribution in [3.05, 3.63) is 16.3 Å². The van der Waals surface area contributed by atoms with Gasteiger partial charge in [-0.15, -0.1) is 11.3 Å². The average Bonchev–Trinajstić information content (AvgIpc) is 3.13. The van der Waals surface area contributed by atoms with Crippen molar-refractivity contribution in [1.29, 1.82) is 0 Å². The molecular weight excluding hydrogens is 330 g/mol. The van der Waals surface area contributed by atoms with Crippen LogP contribution in [0.2, 0.25) is 0 Å². The number of morpholine rings is 1. The summed E-state index contributed by atoms with van der Waals surface area (Å²) in [6, 6.07) is 0. The standard InChI is InChI=1S/C16H19N3O2S2/c1-10-17-15(22-9-13(20)19-5-7-21-8-6-19)14-11-3-2-4-12(11)23-16(14)18-10/h2-9H2,1H3. The number of carbonyl (C=O) groups is 1. The van der Waals surface area contributed by atoms with Gasteiger partial charge < -0.3 is 9.64 Å². The Morgan fingerprint density at radius 3 is 2.96 bits per heavy atom. The van der Waals surface area contributed by atoms with Gasteiger partial charge in [0.25, 0.3) is 0 Å². The van der Waals surface area contributed by atoms with Crippen molar-refractivity contribution < 1.29 is 9.53 Å². The number of nitrogens with zero attached hydrogens (tertiary/aromatic N) is 3. The van der Waals surface area contributed by atoms with Gasteiger partial charge in [0.05, 0.1) is 19.0 Å². The maximum atomic E-state index is 12.4. The van der Waals surface area contributed by atoms with Crippen molar-refractivity contribution in [2.45, 2.75) is 31.2 Å². The molecule has 1 fully saturated rings. The van der Waals surface area contributed by atoms with Gasteiger partial charge in [-0.3, -0.25) is 4.79 Å². The minimum Gasteiger partial charge on any atom is -0.378 e. The highest BCUT2D eigenvalue weighted by Crippen LogP contribution is 2.40. The summed E-state index contributed by atoms with van der Waals surface area (Å²) in [6.45, 7) is 4.62. The van der Waals surface area contributed by atoms with E-state index in [2.05, 4.69) is 9.97 Å². The van der Waals surface area contributed by atoms with Crippen LogP contribution in [0.15, 0.2) is 5.03 Å². The van der Waals surface area contributed by atoms with Gasteiger partial charge in [0.15, 0.2) is 0 Å². The summed E-state index contributed by atoms with van der Waals surface area (Å²) in [5.74, 6) is 1.41. The smallest absolute Gasteiger partial charge is 0.233 e. The molecule has 0 unspecified atom stereocenters. The molecule has 0 atom stereocenters. The van der Waals surface area contributed by atoms with Crippen LogP contribution in [0.3, 0.4) is 0 Å². The van der Waals surface area contributed by atoms with E-state index in [0.29, 0.717) is 32.1 Å². The van der Waals surface area contributed by atoms with Crippen LogP contribution in [0.25, 0.3) is 10.2 Å². The van der Waals surface area contributed by atoms with E-state index in [4.69, 9.17) is 4.74 Å². The first kappa shape index (κ1) is 15.4. The Morgan fingerprint density at radius 1 is 1.30 bits per heavy atom. The van der Waals surface area contributed by atoms with Crippen molar-refractivity contribution in [2.24, 2.45) is 0 Å². The molecule has 1 aliphatic carbocycles. The number of aromatic nitrogens is 2. The maximum Gasteiger partial charge on any atom is 0.233 e. The SMILES string of the molecule is Cc1nc(SCC(=O)N2CCOCC2)c2c3c(sc2n1)CCC3. The van der Waals surface area contributed by atoms with Gasteiger partial charge in [0, 0.05) is 23.4 Å². The number of thiophene rings is 1. The Morgan fingerprint density at radius 2 is 2.13 bits per heavy atom. The monoisotopic (exact) mass is 349 g/mol. The summed E-state index contributed by atoms with van der Waals surface area (Å²) >= 11 is 3.36. The lowest BCUT2D eigenvalue weighted by molar-refractivity contribution is -0.132.